The number of para-hydroxylation sites is 2. The number of aryl methyl sites for hydroxylation is 2. The fraction of sp³-hybridized carbons (Fsp3) is 0.235. The minimum atomic E-state index is -0.606. The van der Waals surface area contributed by atoms with Gasteiger partial charge in [0.2, 0.25) is 0 Å². The Morgan fingerprint density at radius 1 is 1.14 bits per heavy atom. The zero-order chi connectivity index (χ0) is 15.4. The van der Waals surface area contributed by atoms with Crippen molar-refractivity contribution in [3.8, 4) is 5.75 Å². The largest absolute Gasteiger partial charge is 0.481 e. The van der Waals surface area contributed by atoms with Crippen LogP contribution < -0.4 is 15.8 Å². The van der Waals surface area contributed by atoms with Gasteiger partial charge in [-0.15, -0.1) is 0 Å². The first-order valence-corrected chi connectivity index (χ1v) is 6.86. The van der Waals surface area contributed by atoms with Crippen LogP contribution in [-0.4, -0.2) is 12.0 Å². The molecule has 1 amide bonds. The quantitative estimate of drug-likeness (QED) is 0.847. The summed E-state index contributed by atoms with van der Waals surface area (Å²) in [4.78, 5) is 12.1. The molecule has 0 radical (unpaired) electrons. The van der Waals surface area contributed by atoms with Crippen LogP contribution in [-0.2, 0) is 4.79 Å². The second-order valence-electron chi connectivity index (χ2n) is 5.16. The first kappa shape index (κ1) is 14.9. The van der Waals surface area contributed by atoms with Crippen LogP contribution in [0.5, 0.6) is 5.75 Å². The lowest BCUT2D eigenvalue weighted by Gasteiger charge is -2.16. The molecule has 2 aromatic rings. The van der Waals surface area contributed by atoms with Crippen molar-refractivity contribution in [2.75, 3.05) is 11.1 Å². The number of amides is 1. The summed E-state index contributed by atoms with van der Waals surface area (Å²) in [6.45, 7) is 5.71. The highest BCUT2D eigenvalue weighted by Gasteiger charge is 2.16. The van der Waals surface area contributed by atoms with Crippen LogP contribution in [0.1, 0.15) is 18.1 Å². The maximum absolute atomic E-state index is 12.1. The van der Waals surface area contributed by atoms with Crippen molar-refractivity contribution in [3.63, 3.8) is 0 Å². The number of benzene rings is 2. The SMILES string of the molecule is Cc1cc(C)cc(OC(C)C(=O)Nc2ccccc2N)c1. The molecule has 0 saturated carbocycles. The highest BCUT2D eigenvalue weighted by molar-refractivity contribution is 5.96. The number of hydrogen-bond acceptors (Lipinski definition) is 3. The number of carbonyl (C=O) groups is 1. The standard InChI is InChI=1S/C17H20N2O2/c1-11-8-12(2)10-14(9-11)21-13(3)17(20)19-16-7-5-4-6-15(16)18/h4-10,13H,18H2,1-3H3,(H,19,20). The summed E-state index contributed by atoms with van der Waals surface area (Å²) in [5.74, 6) is 0.461. The Balaban J connectivity index is 2.04. The molecule has 1 atom stereocenters. The predicted octanol–water partition coefficient (Wildman–Crippen LogP) is 3.29. The molecule has 110 valence electrons. The van der Waals surface area contributed by atoms with E-state index in [1.807, 2.05) is 38.1 Å². The van der Waals surface area contributed by atoms with Gasteiger partial charge in [0.15, 0.2) is 6.10 Å². The predicted molar refractivity (Wildman–Crippen MR) is 85.5 cm³/mol. The van der Waals surface area contributed by atoms with E-state index < -0.39 is 6.10 Å². The Labute approximate surface area is 124 Å². The molecule has 0 aliphatic heterocycles. The lowest BCUT2D eigenvalue weighted by atomic mass is 10.1. The molecule has 2 rings (SSSR count). The topological polar surface area (TPSA) is 64.3 Å². The zero-order valence-electron chi connectivity index (χ0n) is 12.5. The van der Waals surface area contributed by atoms with Gasteiger partial charge < -0.3 is 15.8 Å². The number of ether oxygens (including phenoxy) is 1. The van der Waals surface area contributed by atoms with Gasteiger partial charge in [-0.25, -0.2) is 0 Å². The van der Waals surface area contributed by atoms with Crippen LogP contribution in [0.15, 0.2) is 42.5 Å². The average Bonchev–Trinajstić information content (AvgIpc) is 2.40. The molecule has 2 aromatic carbocycles. The third-order valence-electron chi connectivity index (χ3n) is 3.10. The molecule has 0 aliphatic carbocycles. The number of rotatable bonds is 4. The van der Waals surface area contributed by atoms with Crippen molar-refractivity contribution >= 4 is 17.3 Å². The van der Waals surface area contributed by atoms with E-state index in [1.165, 1.54) is 0 Å². The molecular formula is C17H20N2O2. The number of nitrogens with one attached hydrogen (secondary N) is 1. The van der Waals surface area contributed by atoms with Crippen LogP contribution in [0.4, 0.5) is 11.4 Å². The maximum Gasteiger partial charge on any atom is 0.265 e. The third-order valence-corrected chi connectivity index (χ3v) is 3.10. The van der Waals surface area contributed by atoms with Gasteiger partial charge in [0.25, 0.3) is 5.91 Å². The van der Waals surface area contributed by atoms with Crippen molar-refractivity contribution in [2.24, 2.45) is 0 Å². The lowest BCUT2D eigenvalue weighted by Crippen LogP contribution is -2.30. The van der Waals surface area contributed by atoms with E-state index >= 15 is 0 Å². The zero-order valence-corrected chi connectivity index (χ0v) is 12.5. The van der Waals surface area contributed by atoms with Gasteiger partial charge >= 0.3 is 0 Å². The fourth-order valence-electron chi connectivity index (χ4n) is 2.10. The van der Waals surface area contributed by atoms with E-state index in [0.29, 0.717) is 17.1 Å². The Hall–Kier alpha value is -2.49. The molecule has 4 heteroatoms. The summed E-state index contributed by atoms with van der Waals surface area (Å²) < 4.78 is 5.70. The Bertz CT molecular complexity index is 633. The van der Waals surface area contributed by atoms with Crippen molar-refractivity contribution in [1.29, 1.82) is 0 Å². The van der Waals surface area contributed by atoms with Crippen LogP contribution in [0, 0.1) is 13.8 Å². The molecule has 1 unspecified atom stereocenters. The molecule has 3 N–H and O–H groups in total. The molecule has 0 aliphatic rings. The Kier molecular flexibility index (Phi) is 4.48. The third kappa shape index (κ3) is 3.99. The van der Waals surface area contributed by atoms with E-state index in [4.69, 9.17) is 10.5 Å². The molecule has 0 bridgehead atoms. The Morgan fingerprint density at radius 3 is 2.38 bits per heavy atom. The van der Waals surface area contributed by atoms with Gasteiger partial charge in [0.05, 0.1) is 11.4 Å². The van der Waals surface area contributed by atoms with E-state index in [2.05, 4.69) is 11.4 Å². The second-order valence-corrected chi connectivity index (χ2v) is 5.16. The van der Waals surface area contributed by atoms with Gasteiger partial charge in [-0.05, 0) is 56.2 Å². The van der Waals surface area contributed by atoms with Gasteiger partial charge in [0.1, 0.15) is 5.75 Å². The first-order valence-electron chi connectivity index (χ1n) is 6.86. The van der Waals surface area contributed by atoms with Crippen LogP contribution in [0.3, 0.4) is 0 Å². The maximum atomic E-state index is 12.1. The molecule has 21 heavy (non-hydrogen) atoms. The van der Waals surface area contributed by atoms with Crippen molar-refractivity contribution in [1.82, 2.24) is 0 Å². The molecule has 4 nitrogen and oxygen atoms in total. The van der Waals surface area contributed by atoms with Crippen molar-refractivity contribution < 1.29 is 9.53 Å². The molecule has 0 aromatic heterocycles. The summed E-state index contributed by atoms with van der Waals surface area (Å²) in [5.41, 5.74) is 9.14. The summed E-state index contributed by atoms with van der Waals surface area (Å²) >= 11 is 0. The normalized spacial score (nSPS) is 11.8. The smallest absolute Gasteiger partial charge is 0.265 e. The first-order chi connectivity index (χ1) is 9.95. The van der Waals surface area contributed by atoms with Gasteiger partial charge in [-0.3, -0.25) is 4.79 Å². The van der Waals surface area contributed by atoms with Crippen molar-refractivity contribution in [2.45, 2.75) is 26.9 Å². The lowest BCUT2D eigenvalue weighted by molar-refractivity contribution is -0.122. The molecule has 0 spiro atoms. The van der Waals surface area contributed by atoms with Gasteiger partial charge in [-0.1, -0.05) is 18.2 Å². The number of nitrogen functional groups attached to an aromatic ring is 1. The number of carbonyl (C=O) groups excluding carboxylic acids is 1. The molecule has 0 fully saturated rings. The minimum absolute atomic E-state index is 0.230. The summed E-state index contributed by atoms with van der Waals surface area (Å²) in [7, 11) is 0. The van der Waals surface area contributed by atoms with Crippen molar-refractivity contribution in [3.05, 3.63) is 53.6 Å². The minimum Gasteiger partial charge on any atom is -0.481 e. The average molecular weight is 284 g/mol. The van der Waals surface area contributed by atoms with Gasteiger partial charge in [0, 0.05) is 0 Å². The number of hydrogen-bond donors (Lipinski definition) is 2. The molecule has 0 heterocycles. The number of nitrogens with two attached hydrogens (primary N) is 1. The summed E-state index contributed by atoms with van der Waals surface area (Å²) in [5, 5.41) is 2.77. The van der Waals surface area contributed by atoms with Gasteiger partial charge in [-0.2, -0.15) is 0 Å². The van der Waals surface area contributed by atoms with E-state index in [1.54, 1.807) is 19.1 Å². The molecule has 0 saturated heterocycles. The fourth-order valence-corrected chi connectivity index (χ4v) is 2.10. The highest BCUT2D eigenvalue weighted by atomic mass is 16.5. The molecular weight excluding hydrogens is 264 g/mol. The Morgan fingerprint density at radius 2 is 1.76 bits per heavy atom. The summed E-state index contributed by atoms with van der Waals surface area (Å²) in [6, 6.07) is 13.0. The highest BCUT2D eigenvalue weighted by Crippen LogP contribution is 2.20. The van der Waals surface area contributed by atoms with E-state index in [-0.39, 0.29) is 5.91 Å². The second kappa shape index (κ2) is 6.31. The number of anilines is 2. The monoisotopic (exact) mass is 284 g/mol. The summed E-state index contributed by atoms with van der Waals surface area (Å²) in [6.07, 6.45) is -0.606. The van der Waals surface area contributed by atoms with Crippen LogP contribution >= 0.6 is 0 Å². The van der Waals surface area contributed by atoms with Crippen LogP contribution in [0.25, 0.3) is 0 Å². The van der Waals surface area contributed by atoms with E-state index in [0.717, 1.165) is 11.1 Å². The van der Waals surface area contributed by atoms with Crippen LogP contribution in [0.2, 0.25) is 0 Å². The van der Waals surface area contributed by atoms with E-state index in [9.17, 15) is 4.79 Å².